The van der Waals surface area contributed by atoms with E-state index in [4.69, 9.17) is 4.74 Å². The monoisotopic (exact) mass is 397 g/mol. The first-order chi connectivity index (χ1) is 13.2. The van der Waals surface area contributed by atoms with Gasteiger partial charge in [-0.3, -0.25) is 9.71 Å². The number of ether oxygens (including phenoxy) is 1. The van der Waals surface area contributed by atoms with Gasteiger partial charge < -0.3 is 9.84 Å². The van der Waals surface area contributed by atoms with Crippen molar-refractivity contribution in [3.05, 3.63) is 60.2 Å². The lowest BCUT2D eigenvalue weighted by molar-refractivity contribution is 0.416. The van der Waals surface area contributed by atoms with E-state index in [1.165, 1.54) is 17.5 Å². The number of benzene rings is 2. The number of anilines is 1. The molecular weight excluding hydrogens is 382 g/mol. The van der Waals surface area contributed by atoms with Crippen molar-refractivity contribution in [1.82, 2.24) is 9.97 Å². The molecule has 0 radical (unpaired) electrons. The Bertz CT molecular complexity index is 1130. The molecule has 0 aliphatic carbocycles. The molecule has 2 aromatic heterocycles. The van der Waals surface area contributed by atoms with E-state index in [0.717, 1.165) is 10.9 Å². The fourth-order valence-corrected chi connectivity index (χ4v) is 4.33. The molecule has 0 saturated carbocycles. The molecule has 6 nitrogen and oxygen atoms in total. The Hall–Kier alpha value is -2.97. The molecule has 136 valence electrons. The van der Waals surface area contributed by atoms with Gasteiger partial charge >= 0.3 is 0 Å². The predicted octanol–water partition coefficient (Wildman–Crippen LogP) is 4.21. The van der Waals surface area contributed by atoms with E-state index < -0.39 is 11.0 Å². The Labute approximate surface area is 162 Å². The van der Waals surface area contributed by atoms with Gasteiger partial charge in [-0.05, 0) is 24.3 Å². The van der Waals surface area contributed by atoms with Crippen LogP contribution in [0, 0.1) is 0 Å². The molecule has 8 heteroatoms. The van der Waals surface area contributed by atoms with Crippen LogP contribution in [0.15, 0.2) is 65.1 Å². The number of methoxy groups -OCH3 is 1. The first-order valence-corrected chi connectivity index (χ1v) is 10.0. The number of aromatic hydroxyl groups is 1. The summed E-state index contributed by atoms with van der Waals surface area (Å²) < 4.78 is 20.9. The smallest absolute Gasteiger partial charge is 0.194 e. The molecule has 0 bridgehead atoms. The Balaban J connectivity index is 1.81. The summed E-state index contributed by atoms with van der Waals surface area (Å²) in [5, 5.41) is 14.0. The molecule has 0 saturated heterocycles. The molecule has 1 atom stereocenters. The molecule has 2 heterocycles. The van der Waals surface area contributed by atoms with E-state index in [2.05, 4.69) is 14.7 Å². The van der Waals surface area contributed by atoms with Crippen molar-refractivity contribution in [3.8, 4) is 22.8 Å². The minimum absolute atomic E-state index is 0.0248. The van der Waals surface area contributed by atoms with Crippen molar-refractivity contribution < 1.29 is 14.1 Å². The summed E-state index contributed by atoms with van der Waals surface area (Å²) in [5.74, 6) is 0.715. The number of rotatable bonds is 5. The molecule has 1 unspecified atom stereocenters. The van der Waals surface area contributed by atoms with Crippen LogP contribution in [0.25, 0.3) is 22.0 Å². The van der Waals surface area contributed by atoms with Crippen LogP contribution in [0.1, 0.15) is 0 Å². The van der Waals surface area contributed by atoms with E-state index in [0.29, 0.717) is 26.9 Å². The molecule has 0 aliphatic rings. The van der Waals surface area contributed by atoms with Gasteiger partial charge in [0.1, 0.15) is 11.5 Å². The quantitative estimate of drug-likeness (QED) is 0.527. The number of para-hydroxylation sites is 1. The number of hydrogen-bond acceptors (Lipinski definition) is 6. The molecular formula is C19H15N3O3S2. The van der Waals surface area contributed by atoms with Gasteiger partial charge in [0, 0.05) is 27.9 Å². The number of pyridine rings is 1. The zero-order valence-corrected chi connectivity index (χ0v) is 15.9. The summed E-state index contributed by atoms with van der Waals surface area (Å²) >= 11 is 1.37. The summed E-state index contributed by atoms with van der Waals surface area (Å²) in [4.78, 5) is 9.00. The fourth-order valence-electron chi connectivity index (χ4n) is 2.79. The maximum absolute atomic E-state index is 12.6. The molecule has 2 aromatic carbocycles. The lowest BCUT2D eigenvalue weighted by Crippen LogP contribution is -2.04. The SMILES string of the molecule is COc1ccccc1-c1ncc(O)c2cc(S(=O)Nc3nccs3)ccc12. The Morgan fingerprint density at radius 3 is 2.78 bits per heavy atom. The van der Waals surface area contributed by atoms with Crippen LogP contribution in [-0.2, 0) is 11.0 Å². The molecule has 0 aliphatic heterocycles. The summed E-state index contributed by atoms with van der Waals surface area (Å²) in [6.07, 6.45) is 3.03. The Kier molecular flexibility index (Phi) is 4.74. The van der Waals surface area contributed by atoms with Crippen LogP contribution in [0.5, 0.6) is 11.5 Å². The van der Waals surface area contributed by atoms with E-state index in [1.807, 2.05) is 24.3 Å². The van der Waals surface area contributed by atoms with Gasteiger partial charge in [0.2, 0.25) is 0 Å². The van der Waals surface area contributed by atoms with Crippen LogP contribution in [0.3, 0.4) is 0 Å². The van der Waals surface area contributed by atoms with E-state index in [-0.39, 0.29) is 5.75 Å². The van der Waals surface area contributed by atoms with Crippen LogP contribution < -0.4 is 9.46 Å². The van der Waals surface area contributed by atoms with Crippen molar-refractivity contribution in [2.75, 3.05) is 11.8 Å². The van der Waals surface area contributed by atoms with Crippen LogP contribution in [-0.4, -0.2) is 26.4 Å². The Morgan fingerprint density at radius 2 is 2.00 bits per heavy atom. The minimum atomic E-state index is -1.49. The van der Waals surface area contributed by atoms with E-state index in [9.17, 15) is 9.32 Å². The fraction of sp³-hybridized carbons (Fsp3) is 0.0526. The van der Waals surface area contributed by atoms with Gasteiger partial charge in [0.25, 0.3) is 0 Å². The third kappa shape index (κ3) is 3.36. The summed E-state index contributed by atoms with van der Waals surface area (Å²) in [5.41, 5.74) is 1.50. The molecule has 4 aromatic rings. The standard InChI is InChI=1S/C19H15N3O3S2/c1-25-17-5-3-2-4-14(17)18-13-7-6-12(10-15(13)16(23)11-21-18)27(24)22-19-20-8-9-26-19/h2-11,23H,1H3,(H,20,22). The van der Waals surface area contributed by atoms with Gasteiger partial charge in [0.15, 0.2) is 16.1 Å². The van der Waals surface area contributed by atoms with Crippen molar-refractivity contribution >= 4 is 38.2 Å². The largest absolute Gasteiger partial charge is 0.506 e. The average Bonchev–Trinajstić information content (AvgIpc) is 3.21. The van der Waals surface area contributed by atoms with Crippen LogP contribution in [0.2, 0.25) is 0 Å². The Morgan fingerprint density at radius 1 is 1.15 bits per heavy atom. The van der Waals surface area contributed by atoms with Crippen molar-refractivity contribution in [1.29, 1.82) is 0 Å². The number of nitrogens with one attached hydrogen (secondary N) is 1. The van der Waals surface area contributed by atoms with Gasteiger partial charge in [0.05, 0.1) is 23.9 Å². The van der Waals surface area contributed by atoms with E-state index in [1.54, 1.807) is 36.9 Å². The number of nitrogens with zero attached hydrogens (tertiary/aromatic N) is 2. The number of thiazole rings is 1. The van der Waals surface area contributed by atoms with Crippen molar-refractivity contribution in [2.24, 2.45) is 0 Å². The zero-order chi connectivity index (χ0) is 18.8. The zero-order valence-electron chi connectivity index (χ0n) is 14.2. The maximum atomic E-state index is 12.6. The summed E-state index contributed by atoms with van der Waals surface area (Å²) in [6, 6.07) is 12.8. The third-order valence-electron chi connectivity index (χ3n) is 4.03. The van der Waals surface area contributed by atoms with Crippen LogP contribution in [0.4, 0.5) is 5.13 Å². The predicted molar refractivity (Wildman–Crippen MR) is 108 cm³/mol. The second kappa shape index (κ2) is 7.34. The van der Waals surface area contributed by atoms with Gasteiger partial charge in [-0.2, -0.15) is 0 Å². The second-order valence-electron chi connectivity index (χ2n) is 5.61. The maximum Gasteiger partial charge on any atom is 0.194 e. The van der Waals surface area contributed by atoms with Gasteiger partial charge in [-0.1, -0.05) is 18.2 Å². The normalized spacial score (nSPS) is 12.0. The first kappa shape index (κ1) is 17.4. The second-order valence-corrected chi connectivity index (χ2v) is 7.72. The van der Waals surface area contributed by atoms with Gasteiger partial charge in [-0.15, -0.1) is 11.3 Å². The third-order valence-corrected chi connectivity index (χ3v) is 5.91. The highest BCUT2D eigenvalue weighted by Crippen LogP contribution is 2.37. The van der Waals surface area contributed by atoms with Crippen molar-refractivity contribution in [2.45, 2.75) is 4.90 Å². The molecule has 2 N–H and O–H groups in total. The lowest BCUT2D eigenvalue weighted by Gasteiger charge is -2.12. The summed E-state index contributed by atoms with van der Waals surface area (Å²) in [6.45, 7) is 0. The highest BCUT2D eigenvalue weighted by atomic mass is 32.2. The topological polar surface area (TPSA) is 84.3 Å². The minimum Gasteiger partial charge on any atom is -0.506 e. The van der Waals surface area contributed by atoms with Crippen molar-refractivity contribution in [3.63, 3.8) is 0 Å². The molecule has 27 heavy (non-hydrogen) atoms. The number of hydrogen-bond donors (Lipinski definition) is 2. The van der Waals surface area contributed by atoms with E-state index >= 15 is 0 Å². The number of aromatic nitrogens is 2. The number of fused-ring (bicyclic) bond motifs is 1. The first-order valence-electron chi connectivity index (χ1n) is 8.00. The summed E-state index contributed by atoms with van der Waals surface area (Å²) in [7, 11) is 0.112. The highest BCUT2D eigenvalue weighted by molar-refractivity contribution is 7.86. The van der Waals surface area contributed by atoms with Crippen LogP contribution >= 0.6 is 11.3 Å². The average molecular weight is 397 g/mol. The molecule has 0 amide bonds. The molecule has 0 fully saturated rings. The molecule has 4 rings (SSSR count). The lowest BCUT2D eigenvalue weighted by atomic mass is 10.0. The molecule has 0 spiro atoms. The highest BCUT2D eigenvalue weighted by Gasteiger charge is 2.15. The van der Waals surface area contributed by atoms with Gasteiger partial charge in [-0.25, -0.2) is 9.19 Å².